The Labute approximate surface area is 248 Å². The molecule has 1 fully saturated rings. The van der Waals surface area contributed by atoms with Crippen LogP contribution in [0.5, 0.6) is 0 Å². The number of aromatic nitrogens is 2. The van der Waals surface area contributed by atoms with Gasteiger partial charge in [0.1, 0.15) is 6.61 Å². The van der Waals surface area contributed by atoms with E-state index in [1.807, 2.05) is 54.6 Å². The lowest BCUT2D eigenvalue weighted by Gasteiger charge is -2.40. The number of aromatic amines is 1. The van der Waals surface area contributed by atoms with Crippen molar-refractivity contribution in [3.05, 3.63) is 130 Å². The summed E-state index contributed by atoms with van der Waals surface area (Å²) in [6.45, 7) is 1.02. The van der Waals surface area contributed by atoms with Crippen molar-refractivity contribution >= 4 is 28.6 Å². The van der Waals surface area contributed by atoms with Crippen molar-refractivity contribution in [1.29, 1.82) is 0 Å². The van der Waals surface area contributed by atoms with Crippen LogP contribution in [-0.2, 0) is 14.9 Å². The summed E-state index contributed by atoms with van der Waals surface area (Å²) in [5.41, 5.74) is 5.60. The fraction of sp³-hybridized carbons (Fsp3) is 0.200. The van der Waals surface area contributed by atoms with Gasteiger partial charge in [-0.05, 0) is 58.9 Å². The lowest BCUT2D eigenvalue weighted by atomic mass is 9.72. The molecular weight excluding hydrogens is 540 g/mol. The fourth-order valence-corrected chi connectivity index (χ4v) is 6.56. The number of carbonyl (C=O) groups excluding carboxylic acids is 2. The first kappa shape index (κ1) is 26.6. The van der Waals surface area contributed by atoms with Gasteiger partial charge in [-0.1, -0.05) is 78.9 Å². The topological polar surface area (TPSA) is 104 Å². The van der Waals surface area contributed by atoms with Gasteiger partial charge in [0, 0.05) is 24.7 Å². The van der Waals surface area contributed by atoms with Crippen LogP contribution in [0.3, 0.4) is 0 Å². The number of nitrogens with one attached hydrogen (secondary N) is 2. The summed E-state index contributed by atoms with van der Waals surface area (Å²) in [6, 6.07) is 31.3. The number of nitrogens with zero attached hydrogens (tertiary/aromatic N) is 2. The van der Waals surface area contributed by atoms with E-state index in [9.17, 15) is 14.4 Å². The minimum atomic E-state index is -0.835. The Balaban J connectivity index is 1.07. The number of piperidine rings is 1. The molecule has 0 spiro atoms. The predicted molar refractivity (Wildman–Crippen MR) is 165 cm³/mol. The summed E-state index contributed by atoms with van der Waals surface area (Å²) < 4.78 is 5.91. The number of hydrogen-bond acceptors (Lipinski definition) is 5. The zero-order chi connectivity index (χ0) is 29.4. The molecule has 0 atom stereocenters. The van der Waals surface area contributed by atoms with E-state index in [1.54, 1.807) is 23.1 Å². The van der Waals surface area contributed by atoms with E-state index in [2.05, 4.69) is 39.6 Å². The molecule has 2 amide bonds. The number of anilines is 1. The van der Waals surface area contributed by atoms with Crippen LogP contribution in [0.4, 0.5) is 10.5 Å². The van der Waals surface area contributed by atoms with Crippen LogP contribution < -0.4 is 10.9 Å². The molecule has 1 saturated heterocycles. The summed E-state index contributed by atoms with van der Waals surface area (Å²) in [5, 5.41) is 3.52. The normalized spacial score (nSPS) is 15.5. The maximum Gasteiger partial charge on any atom is 0.409 e. The van der Waals surface area contributed by atoms with Crippen LogP contribution in [0.2, 0.25) is 0 Å². The van der Waals surface area contributed by atoms with Crippen LogP contribution in [0.1, 0.15) is 35.4 Å². The number of carbonyl (C=O) groups is 2. The maximum atomic E-state index is 14.0. The van der Waals surface area contributed by atoms with Crippen LogP contribution in [0, 0.1) is 0 Å². The zero-order valence-corrected chi connectivity index (χ0v) is 23.5. The molecule has 214 valence electrons. The molecule has 2 N–H and O–H groups in total. The van der Waals surface area contributed by atoms with E-state index >= 15 is 0 Å². The van der Waals surface area contributed by atoms with E-state index in [0.29, 0.717) is 42.5 Å². The van der Waals surface area contributed by atoms with Crippen molar-refractivity contribution < 1.29 is 14.3 Å². The van der Waals surface area contributed by atoms with Crippen LogP contribution >= 0.6 is 0 Å². The highest BCUT2D eigenvalue weighted by atomic mass is 16.6. The van der Waals surface area contributed by atoms with E-state index in [-0.39, 0.29) is 30.1 Å². The zero-order valence-electron chi connectivity index (χ0n) is 23.5. The van der Waals surface area contributed by atoms with Crippen molar-refractivity contribution in [3.63, 3.8) is 0 Å². The molecule has 1 aliphatic heterocycles. The molecule has 1 aromatic heterocycles. The number of benzene rings is 4. The van der Waals surface area contributed by atoms with Gasteiger partial charge in [-0.2, -0.15) is 0 Å². The average molecular weight is 571 g/mol. The number of amides is 2. The Morgan fingerprint density at radius 3 is 2.23 bits per heavy atom. The Hall–Kier alpha value is -5.24. The molecule has 0 bridgehead atoms. The highest BCUT2D eigenvalue weighted by Crippen LogP contribution is 2.44. The summed E-state index contributed by atoms with van der Waals surface area (Å²) in [4.78, 5) is 47.9. The predicted octanol–water partition coefficient (Wildman–Crippen LogP) is 5.84. The fourth-order valence-electron chi connectivity index (χ4n) is 6.56. The van der Waals surface area contributed by atoms with Crippen molar-refractivity contribution in [2.75, 3.05) is 25.0 Å². The van der Waals surface area contributed by atoms with E-state index in [0.717, 1.165) is 5.56 Å². The molecule has 4 aromatic carbocycles. The average Bonchev–Trinajstić information content (AvgIpc) is 3.37. The Morgan fingerprint density at radius 2 is 1.53 bits per heavy atom. The van der Waals surface area contributed by atoms with Gasteiger partial charge < -0.3 is 19.9 Å². The van der Waals surface area contributed by atoms with E-state index in [1.165, 1.54) is 28.6 Å². The van der Waals surface area contributed by atoms with Crippen molar-refractivity contribution in [2.24, 2.45) is 0 Å². The van der Waals surface area contributed by atoms with E-state index < -0.39 is 5.41 Å². The molecule has 7 rings (SSSR count). The summed E-state index contributed by atoms with van der Waals surface area (Å²) in [6.07, 6.45) is 1.87. The second kappa shape index (κ2) is 10.9. The van der Waals surface area contributed by atoms with Gasteiger partial charge in [-0.3, -0.25) is 9.59 Å². The molecule has 8 heteroatoms. The number of likely N-dealkylation sites (tertiary alicyclic amines) is 1. The lowest BCUT2D eigenvalue weighted by Crippen LogP contribution is -2.51. The lowest BCUT2D eigenvalue weighted by molar-refractivity contribution is -0.123. The maximum absolute atomic E-state index is 14.0. The van der Waals surface area contributed by atoms with Gasteiger partial charge in [0.2, 0.25) is 5.91 Å². The summed E-state index contributed by atoms with van der Waals surface area (Å²) in [5.74, 6) is -0.169. The quantitative estimate of drug-likeness (QED) is 0.276. The monoisotopic (exact) mass is 570 g/mol. The number of ether oxygens (including phenoxy) is 1. The number of rotatable bonds is 5. The van der Waals surface area contributed by atoms with E-state index in [4.69, 9.17) is 4.74 Å². The Kier molecular flexibility index (Phi) is 6.74. The highest BCUT2D eigenvalue weighted by molar-refractivity contribution is 6.00. The van der Waals surface area contributed by atoms with Gasteiger partial charge >= 0.3 is 6.09 Å². The molecule has 0 unspecified atom stereocenters. The van der Waals surface area contributed by atoms with Gasteiger partial charge in [-0.25, -0.2) is 9.78 Å². The van der Waals surface area contributed by atoms with Gasteiger partial charge in [0.05, 0.1) is 22.6 Å². The molecule has 43 heavy (non-hydrogen) atoms. The molecule has 0 saturated carbocycles. The molecule has 5 aromatic rings. The molecule has 2 heterocycles. The molecule has 0 radical (unpaired) electrons. The highest BCUT2D eigenvalue weighted by Gasteiger charge is 2.44. The summed E-state index contributed by atoms with van der Waals surface area (Å²) in [7, 11) is 0. The minimum Gasteiger partial charge on any atom is -0.448 e. The third-order valence-electron chi connectivity index (χ3n) is 8.87. The number of fused-ring (bicyclic) bond motifs is 4. The van der Waals surface area contributed by atoms with Crippen LogP contribution in [0.25, 0.3) is 22.0 Å². The van der Waals surface area contributed by atoms with Gasteiger partial charge in [0.15, 0.2) is 0 Å². The molecule has 1 aliphatic carbocycles. The molecule has 2 aliphatic rings. The minimum absolute atomic E-state index is 0.0117. The van der Waals surface area contributed by atoms with Crippen molar-refractivity contribution in [2.45, 2.75) is 24.2 Å². The van der Waals surface area contributed by atoms with Gasteiger partial charge in [-0.15, -0.1) is 0 Å². The van der Waals surface area contributed by atoms with Crippen LogP contribution in [-0.4, -0.2) is 46.6 Å². The Bertz CT molecular complexity index is 1850. The Morgan fingerprint density at radius 1 is 0.884 bits per heavy atom. The largest absolute Gasteiger partial charge is 0.448 e. The first-order chi connectivity index (χ1) is 21.0. The standard InChI is InChI=1S/C35H30N4O4/c40-32-29-15-14-24(20-31(29)36-22-37-32)38-33(41)35(23-8-2-1-3-9-23)16-18-39(19-17-35)34(42)43-21-30-27-12-6-4-10-25(27)26-11-5-7-13-28(26)30/h1-15,20,22,30H,16-19,21H2,(H,38,41)(H,36,37,40). The van der Waals surface area contributed by atoms with Crippen LogP contribution in [0.15, 0.2) is 108 Å². The second-order valence-electron chi connectivity index (χ2n) is 11.2. The second-order valence-corrected chi connectivity index (χ2v) is 11.2. The molecular formula is C35H30N4O4. The first-order valence-corrected chi connectivity index (χ1v) is 14.5. The van der Waals surface area contributed by atoms with Crippen molar-refractivity contribution in [3.8, 4) is 11.1 Å². The van der Waals surface area contributed by atoms with Crippen molar-refractivity contribution in [1.82, 2.24) is 14.9 Å². The smallest absolute Gasteiger partial charge is 0.409 e. The summed E-state index contributed by atoms with van der Waals surface area (Å²) >= 11 is 0. The molecule has 8 nitrogen and oxygen atoms in total. The number of hydrogen-bond donors (Lipinski definition) is 2. The third-order valence-corrected chi connectivity index (χ3v) is 8.87. The number of H-pyrrole nitrogens is 1. The van der Waals surface area contributed by atoms with Gasteiger partial charge in [0.25, 0.3) is 5.56 Å². The third kappa shape index (κ3) is 4.74. The first-order valence-electron chi connectivity index (χ1n) is 14.5. The SMILES string of the molecule is O=C(OCC1c2ccccc2-c2ccccc21)N1CCC(C(=O)Nc2ccc3c(=O)[nH]cnc3c2)(c2ccccc2)CC1.